The number of hydrogen-bond acceptors (Lipinski definition) is 3. The molecule has 2 aliphatic heterocycles. The van der Waals surface area contributed by atoms with Gasteiger partial charge in [0, 0.05) is 26.4 Å². The Balaban J connectivity index is 2.05. The summed E-state index contributed by atoms with van der Waals surface area (Å²) in [5.74, 6) is 0.0457. The van der Waals surface area contributed by atoms with Gasteiger partial charge in [-0.2, -0.15) is 0 Å². The van der Waals surface area contributed by atoms with Crippen molar-refractivity contribution in [1.82, 2.24) is 0 Å². The highest BCUT2D eigenvalue weighted by Crippen LogP contribution is 2.43. The first-order valence-corrected chi connectivity index (χ1v) is 6.75. The fourth-order valence-electron chi connectivity index (χ4n) is 3.16. The maximum atomic E-state index is 14.7. The van der Waals surface area contributed by atoms with Crippen molar-refractivity contribution in [3.05, 3.63) is 0 Å². The predicted octanol–water partition coefficient (Wildman–Crippen LogP) is 2.04. The van der Waals surface area contributed by atoms with Crippen LogP contribution in [0.1, 0.15) is 39.0 Å². The Morgan fingerprint density at radius 3 is 2.65 bits per heavy atom. The highest BCUT2D eigenvalue weighted by Gasteiger charge is 2.46. The van der Waals surface area contributed by atoms with Crippen molar-refractivity contribution in [2.45, 2.75) is 50.3 Å². The third kappa shape index (κ3) is 2.64. The van der Waals surface area contributed by atoms with E-state index in [1.165, 1.54) is 0 Å². The van der Waals surface area contributed by atoms with Crippen molar-refractivity contribution in [3.63, 3.8) is 0 Å². The van der Waals surface area contributed by atoms with Gasteiger partial charge in [-0.1, -0.05) is 6.92 Å². The van der Waals surface area contributed by atoms with Crippen molar-refractivity contribution in [3.8, 4) is 0 Å². The summed E-state index contributed by atoms with van der Waals surface area (Å²) in [7, 11) is 0. The van der Waals surface area contributed by atoms with Crippen LogP contribution in [-0.4, -0.2) is 37.6 Å². The molecule has 2 saturated heterocycles. The quantitative estimate of drug-likeness (QED) is 0.827. The van der Waals surface area contributed by atoms with Crippen LogP contribution < -0.4 is 5.73 Å². The minimum Gasteiger partial charge on any atom is -0.381 e. The highest BCUT2D eigenvalue weighted by molar-refractivity contribution is 4.96. The molecule has 0 aliphatic carbocycles. The third-order valence-corrected chi connectivity index (χ3v) is 4.56. The van der Waals surface area contributed by atoms with Crippen LogP contribution in [-0.2, 0) is 9.47 Å². The van der Waals surface area contributed by atoms with Crippen molar-refractivity contribution in [2.24, 2.45) is 11.7 Å². The van der Waals surface area contributed by atoms with E-state index in [0.29, 0.717) is 13.0 Å². The summed E-state index contributed by atoms with van der Waals surface area (Å²) in [6.45, 7) is 4.15. The van der Waals surface area contributed by atoms with Gasteiger partial charge in [0.1, 0.15) is 5.67 Å². The smallest absolute Gasteiger partial charge is 0.125 e. The first-order chi connectivity index (χ1) is 8.14. The average Bonchev–Trinajstić information content (AvgIpc) is 2.39. The molecule has 2 atom stereocenters. The van der Waals surface area contributed by atoms with Gasteiger partial charge in [-0.05, 0) is 38.0 Å². The Bertz CT molecular complexity index is 244. The summed E-state index contributed by atoms with van der Waals surface area (Å²) in [5, 5.41) is 0. The molecule has 3 nitrogen and oxygen atoms in total. The maximum Gasteiger partial charge on any atom is 0.125 e. The van der Waals surface area contributed by atoms with Crippen LogP contribution >= 0.6 is 0 Å². The second-order valence-corrected chi connectivity index (χ2v) is 5.43. The number of halogens is 1. The average molecular weight is 245 g/mol. The molecule has 4 heteroatoms. The molecule has 0 bridgehead atoms. The molecule has 2 unspecified atom stereocenters. The van der Waals surface area contributed by atoms with Gasteiger partial charge in [0.2, 0.25) is 0 Å². The number of hydrogen-bond donors (Lipinski definition) is 1. The second-order valence-electron chi connectivity index (χ2n) is 5.43. The first kappa shape index (κ1) is 13.2. The Morgan fingerprint density at radius 2 is 2.06 bits per heavy atom. The number of alkyl halides is 1. The zero-order valence-corrected chi connectivity index (χ0v) is 10.7. The lowest BCUT2D eigenvalue weighted by molar-refractivity contribution is -0.163. The summed E-state index contributed by atoms with van der Waals surface area (Å²) in [5.41, 5.74) is 4.28. The monoisotopic (exact) mass is 245 g/mol. The van der Waals surface area contributed by atoms with Gasteiger partial charge in [-0.3, -0.25) is 0 Å². The van der Waals surface area contributed by atoms with E-state index in [1.54, 1.807) is 0 Å². The van der Waals surface area contributed by atoms with Gasteiger partial charge in [0.05, 0.1) is 5.60 Å². The second kappa shape index (κ2) is 5.21. The molecule has 2 fully saturated rings. The Kier molecular flexibility index (Phi) is 4.06. The van der Waals surface area contributed by atoms with E-state index < -0.39 is 5.67 Å². The van der Waals surface area contributed by atoms with Gasteiger partial charge in [0.25, 0.3) is 0 Å². The van der Waals surface area contributed by atoms with Crippen molar-refractivity contribution in [1.29, 1.82) is 0 Å². The molecule has 17 heavy (non-hydrogen) atoms. The molecule has 2 aliphatic rings. The van der Waals surface area contributed by atoms with Crippen LogP contribution in [0.4, 0.5) is 4.39 Å². The van der Waals surface area contributed by atoms with Gasteiger partial charge < -0.3 is 15.2 Å². The van der Waals surface area contributed by atoms with E-state index in [9.17, 15) is 4.39 Å². The van der Waals surface area contributed by atoms with E-state index in [2.05, 4.69) is 0 Å². The van der Waals surface area contributed by atoms with Crippen LogP contribution in [0.3, 0.4) is 0 Å². The summed E-state index contributed by atoms with van der Waals surface area (Å²) >= 11 is 0. The minimum absolute atomic E-state index is 0.0457. The Hall–Kier alpha value is -0.190. The summed E-state index contributed by atoms with van der Waals surface area (Å²) in [6.07, 6.45) is 3.89. The predicted molar refractivity (Wildman–Crippen MR) is 64.6 cm³/mol. The largest absolute Gasteiger partial charge is 0.381 e. The maximum absolute atomic E-state index is 14.7. The third-order valence-electron chi connectivity index (χ3n) is 4.56. The minimum atomic E-state index is -1.21. The van der Waals surface area contributed by atoms with E-state index in [4.69, 9.17) is 15.2 Å². The van der Waals surface area contributed by atoms with Crippen LogP contribution in [0.5, 0.6) is 0 Å². The van der Waals surface area contributed by atoms with E-state index in [-0.39, 0.29) is 18.1 Å². The zero-order valence-electron chi connectivity index (χ0n) is 10.7. The topological polar surface area (TPSA) is 44.5 Å². The van der Waals surface area contributed by atoms with Crippen LogP contribution in [0.15, 0.2) is 0 Å². The molecule has 2 heterocycles. The SMILES string of the molecule is CCC(F)(CN)C1CCOC2(CCOCC2)C1. The van der Waals surface area contributed by atoms with Crippen LogP contribution in [0.25, 0.3) is 0 Å². The van der Waals surface area contributed by atoms with Gasteiger partial charge >= 0.3 is 0 Å². The molecule has 0 aromatic rings. The standard InChI is InChI=1S/C13H24FNO2/c1-2-13(14,10-15)11-3-6-17-12(9-11)4-7-16-8-5-12/h11H,2-10,15H2,1H3. The lowest BCUT2D eigenvalue weighted by Crippen LogP contribution is -2.51. The number of ether oxygens (including phenoxy) is 2. The first-order valence-electron chi connectivity index (χ1n) is 6.75. The molecule has 0 amide bonds. The summed E-state index contributed by atoms with van der Waals surface area (Å²) in [4.78, 5) is 0. The lowest BCUT2D eigenvalue weighted by atomic mass is 9.73. The van der Waals surface area contributed by atoms with Crippen molar-refractivity contribution in [2.75, 3.05) is 26.4 Å². The molecule has 2 rings (SSSR count). The fourth-order valence-corrected chi connectivity index (χ4v) is 3.16. The van der Waals surface area contributed by atoms with Crippen molar-refractivity contribution >= 4 is 0 Å². The lowest BCUT2D eigenvalue weighted by Gasteiger charge is -2.46. The zero-order chi connectivity index (χ0) is 12.4. The summed E-state index contributed by atoms with van der Waals surface area (Å²) in [6, 6.07) is 0. The molecule has 0 saturated carbocycles. The summed E-state index contributed by atoms with van der Waals surface area (Å²) < 4.78 is 26.0. The van der Waals surface area contributed by atoms with Gasteiger partial charge in [-0.15, -0.1) is 0 Å². The van der Waals surface area contributed by atoms with Gasteiger partial charge in [-0.25, -0.2) is 4.39 Å². The molecule has 0 radical (unpaired) electrons. The van der Waals surface area contributed by atoms with Crippen LogP contribution in [0.2, 0.25) is 0 Å². The Labute approximate surface area is 103 Å². The molecule has 1 spiro atoms. The van der Waals surface area contributed by atoms with Crippen molar-refractivity contribution < 1.29 is 13.9 Å². The fraction of sp³-hybridized carbons (Fsp3) is 1.00. The van der Waals surface area contributed by atoms with Crippen LogP contribution in [0, 0.1) is 5.92 Å². The molecule has 0 aromatic carbocycles. The molecule has 0 aromatic heterocycles. The molecular formula is C13H24FNO2. The Morgan fingerprint density at radius 1 is 1.35 bits per heavy atom. The van der Waals surface area contributed by atoms with E-state index in [1.807, 2.05) is 6.92 Å². The number of rotatable bonds is 3. The normalized spacial score (nSPS) is 32.3. The molecular weight excluding hydrogens is 221 g/mol. The van der Waals surface area contributed by atoms with E-state index in [0.717, 1.165) is 38.9 Å². The molecule has 100 valence electrons. The van der Waals surface area contributed by atoms with Gasteiger partial charge in [0.15, 0.2) is 0 Å². The van der Waals surface area contributed by atoms with E-state index >= 15 is 0 Å². The highest BCUT2D eigenvalue weighted by atomic mass is 19.1. The number of nitrogens with two attached hydrogens (primary N) is 1. The molecule has 2 N–H and O–H groups in total.